The average Bonchev–Trinajstić information content (AvgIpc) is 2.99. The standard InChI is InChI=1S/C35H69F6O4PS2/c1-5-9-13-17-18-19-20-21-22-23-24-28-32-46(29-25-14-10-6-2,30-26-15-11-7-3,31-27-16-12-8-4)33(47(42,43)34(36,37)38)48(44,45)35(39,40)41/h33H,5-32H2,1-4H3. The summed E-state index contributed by atoms with van der Waals surface area (Å²) in [4.78, 5) is 0. The van der Waals surface area contributed by atoms with E-state index in [-0.39, 0.29) is 50.3 Å². The summed E-state index contributed by atoms with van der Waals surface area (Å²) in [6.45, 7) is 3.08. The summed E-state index contributed by atoms with van der Waals surface area (Å²) in [7, 11) is -13.5. The Balaban J connectivity index is 6.94. The van der Waals surface area contributed by atoms with Crippen LogP contribution in [0.15, 0.2) is 0 Å². The quantitative estimate of drug-likeness (QED) is 0.0401. The zero-order valence-corrected chi connectivity index (χ0v) is 33.1. The molecule has 292 valence electrons. The third-order valence-corrected chi connectivity index (χ3v) is 26.6. The molecule has 0 saturated heterocycles. The second-order valence-electron chi connectivity index (χ2n) is 14.3. The molecule has 0 spiro atoms. The number of alkyl halides is 6. The third-order valence-electron chi connectivity index (χ3n) is 10.2. The zero-order chi connectivity index (χ0) is 36.8. The van der Waals surface area contributed by atoms with Gasteiger partial charge in [-0.25, -0.2) is 0 Å². The number of rotatable bonds is 31. The van der Waals surface area contributed by atoms with Gasteiger partial charge in [0.25, 0.3) is 0 Å². The molecular weight excluding hydrogens is 693 g/mol. The molecule has 0 aliphatic carbocycles. The van der Waals surface area contributed by atoms with E-state index in [9.17, 15) is 43.2 Å². The monoisotopic (exact) mass is 762 g/mol. The van der Waals surface area contributed by atoms with Gasteiger partial charge in [-0.3, -0.25) is 0 Å². The van der Waals surface area contributed by atoms with E-state index in [0.717, 1.165) is 51.4 Å². The van der Waals surface area contributed by atoms with Crippen LogP contribution in [-0.2, 0) is 19.7 Å². The molecule has 0 heterocycles. The Bertz CT molecular complexity index is 968. The Kier molecular flexibility index (Phi) is 23.4. The van der Waals surface area contributed by atoms with E-state index in [1.807, 2.05) is 20.8 Å². The fraction of sp³-hybridized carbons (Fsp3) is 1.00. The van der Waals surface area contributed by atoms with E-state index >= 15 is 0 Å². The number of hydrogen-bond donors (Lipinski definition) is 0. The molecule has 0 unspecified atom stereocenters. The van der Waals surface area contributed by atoms with Crippen molar-refractivity contribution in [2.45, 2.75) is 197 Å². The molecule has 0 radical (unpaired) electrons. The van der Waals surface area contributed by atoms with Crippen molar-refractivity contribution in [3.63, 3.8) is 0 Å². The molecule has 0 bridgehead atoms. The van der Waals surface area contributed by atoms with E-state index in [4.69, 9.17) is 0 Å². The average molecular weight is 763 g/mol. The molecule has 0 saturated carbocycles. The van der Waals surface area contributed by atoms with Crippen LogP contribution in [0.5, 0.6) is 0 Å². The first-order valence-electron chi connectivity index (χ1n) is 19.0. The number of sulfone groups is 2. The van der Waals surface area contributed by atoms with E-state index < -0.39 is 41.6 Å². The molecule has 0 N–H and O–H groups in total. The molecule has 0 amide bonds. The first kappa shape index (κ1) is 47.9. The Labute approximate surface area is 290 Å². The number of unbranched alkanes of at least 4 members (excludes halogenated alkanes) is 20. The van der Waals surface area contributed by atoms with Crippen molar-refractivity contribution in [3.05, 3.63) is 0 Å². The molecule has 0 atom stereocenters. The SMILES string of the molecule is CCCCCCCCCCCCCCP(CCCCCC)(CCCCCC)(CCCCCC)C(S(=O)(=O)C(F)(F)F)S(=O)(=O)C(F)(F)F. The summed E-state index contributed by atoms with van der Waals surface area (Å²) >= 11 is 0. The van der Waals surface area contributed by atoms with Crippen LogP contribution in [0.2, 0.25) is 0 Å². The minimum atomic E-state index is -6.74. The molecule has 4 nitrogen and oxygen atoms in total. The van der Waals surface area contributed by atoms with Gasteiger partial charge in [-0.15, -0.1) is 0 Å². The van der Waals surface area contributed by atoms with E-state index in [2.05, 4.69) is 6.92 Å². The number of hydrogen-bond acceptors (Lipinski definition) is 4. The van der Waals surface area contributed by atoms with Crippen molar-refractivity contribution in [1.29, 1.82) is 0 Å². The molecule has 48 heavy (non-hydrogen) atoms. The summed E-state index contributed by atoms with van der Waals surface area (Å²) in [6.07, 6.45) is 17.4. The summed E-state index contributed by atoms with van der Waals surface area (Å²) in [6, 6.07) is 0. The van der Waals surface area contributed by atoms with E-state index in [1.165, 1.54) is 32.1 Å². The van der Waals surface area contributed by atoms with Gasteiger partial charge < -0.3 is 0 Å². The molecule has 0 aliphatic rings. The first-order valence-corrected chi connectivity index (χ1v) is 25.2. The van der Waals surface area contributed by atoms with Gasteiger partial charge in [0.1, 0.15) is 0 Å². The van der Waals surface area contributed by atoms with Crippen LogP contribution in [0, 0.1) is 0 Å². The zero-order valence-electron chi connectivity index (χ0n) is 30.5. The van der Waals surface area contributed by atoms with Gasteiger partial charge in [0.15, 0.2) is 0 Å². The Morgan fingerprint density at radius 3 is 0.771 bits per heavy atom. The van der Waals surface area contributed by atoms with Gasteiger partial charge in [-0.2, -0.15) is 0 Å². The molecule has 0 rings (SSSR count). The van der Waals surface area contributed by atoms with Gasteiger partial charge in [-0.05, 0) is 0 Å². The maximum absolute atomic E-state index is 14.5. The van der Waals surface area contributed by atoms with Crippen molar-refractivity contribution < 1.29 is 43.2 Å². The van der Waals surface area contributed by atoms with Crippen molar-refractivity contribution in [1.82, 2.24) is 0 Å². The van der Waals surface area contributed by atoms with Gasteiger partial charge in [-0.1, -0.05) is 13.3 Å². The molecule has 0 aliphatic heterocycles. The van der Waals surface area contributed by atoms with Gasteiger partial charge in [0.2, 0.25) is 0 Å². The second-order valence-corrected chi connectivity index (χ2v) is 25.8. The van der Waals surface area contributed by atoms with Crippen LogP contribution >= 0.6 is 6.60 Å². The van der Waals surface area contributed by atoms with Crippen molar-refractivity contribution in [2.75, 3.05) is 24.6 Å². The molecule has 13 heteroatoms. The maximum atomic E-state index is 14.5. The molecule has 0 aromatic rings. The summed E-state index contributed by atoms with van der Waals surface area (Å²) in [5.74, 6) is 0. The van der Waals surface area contributed by atoms with Crippen molar-refractivity contribution in [3.8, 4) is 0 Å². The van der Waals surface area contributed by atoms with Crippen LogP contribution in [0.25, 0.3) is 0 Å². The molecule has 0 aromatic carbocycles. The van der Waals surface area contributed by atoms with Crippen LogP contribution in [0.4, 0.5) is 26.3 Å². The van der Waals surface area contributed by atoms with E-state index in [1.54, 1.807) is 0 Å². The predicted octanol–water partition coefficient (Wildman–Crippen LogP) is 13.1. The first-order chi connectivity index (χ1) is 22.4. The number of halogens is 6. The molecular formula is C35H69F6O4PS2. The third kappa shape index (κ3) is 15.3. The molecule has 0 aromatic heterocycles. The van der Waals surface area contributed by atoms with Crippen LogP contribution in [0.3, 0.4) is 0 Å². The van der Waals surface area contributed by atoms with Crippen LogP contribution in [-0.4, -0.2) is 56.8 Å². The Hall–Kier alpha value is -0.0900. The van der Waals surface area contributed by atoms with Crippen LogP contribution in [0.1, 0.15) is 182 Å². The molecule has 0 fully saturated rings. The second kappa shape index (κ2) is 23.5. The Morgan fingerprint density at radius 2 is 0.562 bits per heavy atom. The normalized spacial score (nSPS) is 14.4. The van der Waals surface area contributed by atoms with Gasteiger partial charge in [0, 0.05) is 0 Å². The Morgan fingerprint density at radius 1 is 0.375 bits per heavy atom. The fourth-order valence-corrected chi connectivity index (χ4v) is 26.0. The van der Waals surface area contributed by atoms with Crippen molar-refractivity contribution >= 4 is 26.3 Å². The van der Waals surface area contributed by atoms with Crippen LogP contribution < -0.4 is 0 Å². The summed E-state index contributed by atoms with van der Waals surface area (Å²) in [5.41, 5.74) is -12.3. The predicted molar refractivity (Wildman–Crippen MR) is 194 cm³/mol. The summed E-state index contributed by atoms with van der Waals surface area (Å²) < 4.78 is 138. The van der Waals surface area contributed by atoms with Gasteiger partial charge >= 0.3 is 278 Å². The van der Waals surface area contributed by atoms with E-state index in [0.29, 0.717) is 44.9 Å². The van der Waals surface area contributed by atoms with Crippen molar-refractivity contribution in [2.24, 2.45) is 0 Å². The fourth-order valence-electron chi connectivity index (χ4n) is 7.55. The topological polar surface area (TPSA) is 68.3 Å². The van der Waals surface area contributed by atoms with Gasteiger partial charge in [0.05, 0.1) is 0 Å². The summed E-state index contributed by atoms with van der Waals surface area (Å²) in [5, 5.41) is 0. The minimum absolute atomic E-state index is 0.164.